The first kappa shape index (κ1) is 10.8. The van der Waals surface area contributed by atoms with Crippen molar-refractivity contribution >= 4 is 11.7 Å². The van der Waals surface area contributed by atoms with Crippen molar-refractivity contribution in [1.82, 2.24) is 0 Å². The molecule has 0 bridgehead atoms. The van der Waals surface area contributed by atoms with Gasteiger partial charge in [-0.2, -0.15) is 5.26 Å². The number of nitrogen functional groups attached to an aromatic ring is 1. The smallest absolute Gasteiger partial charge is 0.340 e. The second-order valence-corrected chi connectivity index (χ2v) is 2.65. The Morgan fingerprint density at radius 3 is 2.80 bits per heavy atom. The lowest BCUT2D eigenvalue weighted by Gasteiger charge is -2.07. The van der Waals surface area contributed by atoms with Gasteiger partial charge in [-0.25, -0.2) is 9.18 Å². The topological polar surface area (TPSA) is 96.3 Å². The third-order valence-corrected chi connectivity index (χ3v) is 1.80. The highest BCUT2D eigenvalue weighted by atomic mass is 19.1. The summed E-state index contributed by atoms with van der Waals surface area (Å²) in [7, 11) is 1.10. The molecule has 6 heteroatoms. The quantitative estimate of drug-likeness (QED) is 0.527. The monoisotopic (exact) mass is 210 g/mol. The van der Waals surface area contributed by atoms with Gasteiger partial charge in [0.15, 0.2) is 11.6 Å². The van der Waals surface area contributed by atoms with Gasteiger partial charge in [-0.1, -0.05) is 0 Å². The Bertz CT molecular complexity index is 465. The van der Waals surface area contributed by atoms with Crippen LogP contribution < -0.4 is 5.73 Å². The Morgan fingerprint density at radius 2 is 2.33 bits per heavy atom. The fraction of sp³-hybridized carbons (Fsp3) is 0.111. The number of rotatable bonds is 1. The van der Waals surface area contributed by atoms with Gasteiger partial charge in [0.25, 0.3) is 0 Å². The molecule has 0 heterocycles. The number of phenolic OH excluding ortho intramolecular Hbond substituents is 1. The van der Waals surface area contributed by atoms with Crippen LogP contribution in [0.15, 0.2) is 6.07 Å². The Labute approximate surface area is 84.5 Å². The maximum absolute atomic E-state index is 13.2. The molecule has 0 unspecified atom stereocenters. The minimum Gasteiger partial charge on any atom is -0.504 e. The molecule has 0 aliphatic carbocycles. The number of halogens is 1. The van der Waals surface area contributed by atoms with Crippen molar-refractivity contribution in [3.63, 3.8) is 0 Å². The summed E-state index contributed by atoms with van der Waals surface area (Å²) >= 11 is 0. The van der Waals surface area contributed by atoms with E-state index in [0.717, 1.165) is 13.2 Å². The lowest BCUT2D eigenvalue weighted by Crippen LogP contribution is -2.08. The van der Waals surface area contributed by atoms with Gasteiger partial charge in [0.2, 0.25) is 0 Å². The molecular weight excluding hydrogens is 203 g/mol. The summed E-state index contributed by atoms with van der Waals surface area (Å²) in [5, 5.41) is 17.7. The summed E-state index contributed by atoms with van der Waals surface area (Å²) in [6, 6.07) is 2.50. The van der Waals surface area contributed by atoms with Gasteiger partial charge in [0, 0.05) is 0 Å². The third kappa shape index (κ3) is 1.67. The molecule has 1 rings (SSSR count). The van der Waals surface area contributed by atoms with Crippen LogP contribution in [0, 0.1) is 17.1 Å². The molecule has 5 nitrogen and oxygen atoms in total. The van der Waals surface area contributed by atoms with Gasteiger partial charge < -0.3 is 15.6 Å². The molecule has 0 saturated carbocycles. The molecule has 0 aromatic heterocycles. The molecule has 0 atom stereocenters. The van der Waals surface area contributed by atoms with E-state index in [4.69, 9.17) is 16.1 Å². The highest BCUT2D eigenvalue weighted by Crippen LogP contribution is 2.29. The molecule has 78 valence electrons. The van der Waals surface area contributed by atoms with Crippen LogP contribution in [0.25, 0.3) is 0 Å². The van der Waals surface area contributed by atoms with E-state index in [1.165, 1.54) is 6.07 Å². The van der Waals surface area contributed by atoms with Crippen molar-refractivity contribution in [2.75, 3.05) is 12.8 Å². The molecule has 0 radical (unpaired) electrons. The Kier molecular flexibility index (Phi) is 2.76. The van der Waals surface area contributed by atoms with Crippen molar-refractivity contribution in [1.29, 1.82) is 5.26 Å². The summed E-state index contributed by atoms with van der Waals surface area (Å²) in [5.41, 5.74) is 4.03. The number of nitriles is 1. The molecule has 15 heavy (non-hydrogen) atoms. The number of nitrogens with zero attached hydrogens (tertiary/aromatic N) is 1. The molecule has 3 N–H and O–H groups in total. The second kappa shape index (κ2) is 3.84. The number of hydrogen-bond acceptors (Lipinski definition) is 5. The average molecular weight is 210 g/mol. The van der Waals surface area contributed by atoms with Crippen LogP contribution in [-0.4, -0.2) is 18.2 Å². The molecule has 0 aliphatic heterocycles. The molecular formula is C9H7FN2O3. The number of hydrogen-bond donors (Lipinski definition) is 2. The van der Waals surface area contributed by atoms with Gasteiger partial charge in [-0.15, -0.1) is 0 Å². The van der Waals surface area contributed by atoms with Crippen molar-refractivity contribution in [3.8, 4) is 11.8 Å². The molecule has 0 aliphatic rings. The minimum atomic E-state index is -1.20. The zero-order valence-corrected chi connectivity index (χ0v) is 7.74. The number of carbonyl (C=O) groups excluding carboxylic acids is 1. The van der Waals surface area contributed by atoms with Crippen LogP contribution in [0.3, 0.4) is 0 Å². The minimum absolute atomic E-state index is 0.288. The van der Waals surface area contributed by atoms with Crippen LogP contribution in [-0.2, 0) is 4.74 Å². The van der Waals surface area contributed by atoms with Gasteiger partial charge in [-0.3, -0.25) is 0 Å². The zero-order chi connectivity index (χ0) is 11.6. The first-order valence-electron chi connectivity index (χ1n) is 3.82. The van der Waals surface area contributed by atoms with Gasteiger partial charge >= 0.3 is 5.97 Å². The highest BCUT2D eigenvalue weighted by molar-refractivity contribution is 5.96. The largest absolute Gasteiger partial charge is 0.504 e. The number of ether oxygens (including phenoxy) is 1. The normalized spacial score (nSPS) is 9.40. The first-order chi connectivity index (χ1) is 7.02. The summed E-state index contributed by atoms with van der Waals surface area (Å²) in [5.74, 6) is -2.94. The third-order valence-electron chi connectivity index (χ3n) is 1.80. The second-order valence-electron chi connectivity index (χ2n) is 2.65. The van der Waals surface area contributed by atoms with Crippen molar-refractivity contribution in [2.24, 2.45) is 0 Å². The molecule has 1 aromatic carbocycles. The van der Waals surface area contributed by atoms with Crippen LogP contribution in [0.5, 0.6) is 5.75 Å². The summed E-state index contributed by atoms with van der Waals surface area (Å²) in [6.07, 6.45) is 0. The van der Waals surface area contributed by atoms with Gasteiger partial charge in [-0.05, 0) is 6.07 Å². The number of esters is 1. The average Bonchev–Trinajstić information content (AvgIpc) is 2.25. The maximum atomic E-state index is 13.2. The van der Waals surface area contributed by atoms with Crippen LogP contribution in [0.4, 0.5) is 10.1 Å². The van der Waals surface area contributed by atoms with Crippen LogP contribution in [0.2, 0.25) is 0 Å². The molecule has 0 saturated heterocycles. The molecule has 0 fully saturated rings. The highest BCUT2D eigenvalue weighted by Gasteiger charge is 2.20. The summed E-state index contributed by atoms with van der Waals surface area (Å²) in [6.45, 7) is 0. The van der Waals surface area contributed by atoms with E-state index in [1.54, 1.807) is 0 Å². The Morgan fingerprint density at radius 1 is 1.73 bits per heavy atom. The van der Waals surface area contributed by atoms with Crippen molar-refractivity contribution in [2.45, 2.75) is 0 Å². The number of methoxy groups -OCH3 is 1. The van der Waals surface area contributed by atoms with Gasteiger partial charge in [0.05, 0.1) is 23.9 Å². The zero-order valence-electron chi connectivity index (χ0n) is 7.74. The van der Waals surface area contributed by atoms with Crippen molar-refractivity contribution in [3.05, 3.63) is 23.0 Å². The van der Waals surface area contributed by atoms with E-state index in [9.17, 15) is 9.18 Å². The van der Waals surface area contributed by atoms with Crippen LogP contribution >= 0.6 is 0 Å². The lowest BCUT2D eigenvalue weighted by molar-refractivity contribution is 0.0601. The van der Waals surface area contributed by atoms with Crippen molar-refractivity contribution < 1.29 is 19.0 Å². The summed E-state index contributed by atoms with van der Waals surface area (Å²) < 4.78 is 17.5. The molecule has 0 spiro atoms. The molecule has 1 aromatic rings. The SMILES string of the molecule is COC(=O)c1cc(C#N)c(O)c(F)c1N. The number of phenols is 1. The van der Waals surface area contributed by atoms with E-state index in [-0.39, 0.29) is 11.1 Å². The Balaban J connectivity index is 3.50. The van der Waals surface area contributed by atoms with E-state index < -0.39 is 23.2 Å². The van der Waals surface area contributed by atoms with E-state index >= 15 is 0 Å². The Hall–Kier alpha value is -2.29. The maximum Gasteiger partial charge on any atom is 0.340 e. The fourth-order valence-corrected chi connectivity index (χ4v) is 1.02. The number of benzene rings is 1. The van der Waals surface area contributed by atoms with E-state index in [0.29, 0.717) is 0 Å². The predicted octanol–water partition coefficient (Wildman–Crippen LogP) is 0.772. The lowest BCUT2D eigenvalue weighted by atomic mass is 10.1. The standard InChI is InChI=1S/C9H7FN2O3/c1-15-9(14)5-2-4(3-11)8(13)6(10)7(5)12/h2,13H,12H2,1H3. The van der Waals surface area contributed by atoms with E-state index in [2.05, 4.69) is 4.74 Å². The number of anilines is 1. The fourth-order valence-electron chi connectivity index (χ4n) is 1.02. The first-order valence-corrected chi connectivity index (χ1v) is 3.82. The van der Waals surface area contributed by atoms with Gasteiger partial charge in [0.1, 0.15) is 6.07 Å². The number of nitrogens with two attached hydrogens (primary N) is 1. The predicted molar refractivity (Wildman–Crippen MR) is 48.5 cm³/mol. The number of carbonyl (C=O) groups is 1. The van der Waals surface area contributed by atoms with Crippen LogP contribution in [0.1, 0.15) is 15.9 Å². The van der Waals surface area contributed by atoms with E-state index in [1.807, 2.05) is 0 Å². The number of aromatic hydroxyl groups is 1. The molecule has 0 amide bonds. The summed E-state index contributed by atoms with van der Waals surface area (Å²) in [4.78, 5) is 11.1.